The number of carbonyl (C=O) groups is 2. The van der Waals surface area contributed by atoms with E-state index in [0.717, 1.165) is 109 Å². The van der Waals surface area contributed by atoms with Crippen molar-refractivity contribution in [1.82, 2.24) is 0 Å². The number of carbonyl (C=O) groups excluding carboxylic acids is 2. The highest BCUT2D eigenvalue weighted by Gasteiger charge is 2.16. The van der Waals surface area contributed by atoms with Crippen LogP contribution in [-0.4, -0.2) is 36.4 Å². The lowest BCUT2D eigenvalue weighted by atomic mass is 10.1. The Labute approximate surface area is 394 Å². The van der Waals surface area contributed by atoms with Gasteiger partial charge in [-0.25, -0.2) is 0 Å². The topological polar surface area (TPSA) is 72.8 Å². The maximum Gasteiger partial charge on any atom is 0.306 e. The van der Waals surface area contributed by atoms with Crippen molar-refractivity contribution in [3.8, 4) is 0 Å². The number of aliphatic hydroxyl groups is 1. The van der Waals surface area contributed by atoms with E-state index in [9.17, 15) is 14.7 Å². The summed E-state index contributed by atoms with van der Waals surface area (Å²) in [5.74, 6) is -0.611. The summed E-state index contributed by atoms with van der Waals surface area (Å²) >= 11 is 0. The maximum absolute atomic E-state index is 12.3. The van der Waals surface area contributed by atoms with Gasteiger partial charge in [-0.3, -0.25) is 9.59 Å². The van der Waals surface area contributed by atoms with Gasteiger partial charge in [-0.1, -0.05) is 225 Å². The molecular formula is C59H96O5. The van der Waals surface area contributed by atoms with Crippen molar-refractivity contribution in [1.29, 1.82) is 0 Å². The standard InChI is InChI=1S/C59H96O5/c1-3-5-7-9-11-13-15-17-19-21-23-25-27-28-29-30-32-34-36-38-40-42-44-46-48-50-52-54-59(62)64-57(55-60)56-63-58(61)53-51-49-47-45-43-41-39-37-35-33-31-26-24-22-20-18-16-14-12-10-8-6-4-2/h5-8,11-14,17-20,23-26,28-29,32,34,57,60H,3-4,9-10,15-16,21-22,27,30-31,33,35-56H2,1-2H3/b7-5-,8-6-,13-11-,14-12-,19-17-,20-18-,25-23-,26-24-,29-28-,34-32-. The van der Waals surface area contributed by atoms with Crippen LogP contribution >= 0.6 is 0 Å². The van der Waals surface area contributed by atoms with Crippen molar-refractivity contribution < 1.29 is 24.2 Å². The lowest BCUT2D eigenvalue weighted by molar-refractivity contribution is -0.161. The molecule has 0 aromatic carbocycles. The van der Waals surface area contributed by atoms with Gasteiger partial charge in [0, 0.05) is 12.8 Å². The van der Waals surface area contributed by atoms with Crippen molar-refractivity contribution in [2.75, 3.05) is 13.2 Å². The van der Waals surface area contributed by atoms with Crippen LogP contribution in [0.1, 0.15) is 219 Å². The van der Waals surface area contributed by atoms with Crippen LogP contribution in [0.4, 0.5) is 0 Å². The van der Waals surface area contributed by atoms with Gasteiger partial charge in [-0.2, -0.15) is 0 Å². The van der Waals surface area contributed by atoms with Gasteiger partial charge in [0.1, 0.15) is 6.61 Å². The molecule has 0 aromatic rings. The molecule has 1 atom stereocenters. The Morgan fingerprint density at radius 1 is 0.359 bits per heavy atom. The Balaban J connectivity index is 3.58. The van der Waals surface area contributed by atoms with Gasteiger partial charge < -0.3 is 14.6 Å². The number of aliphatic hydroxyl groups excluding tert-OH is 1. The summed E-state index contributed by atoms with van der Waals surface area (Å²) in [5, 5.41) is 9.64. The molecule has 0 bridgehead atoms. The molecule has 1 unspecified atom stereocenters. The quantitative estimate of drug-likeness (QED) is 0.0375. The van der Waals surface area contributed by atoms with Crippen LogP contribution in [-0.2, 0) is 19.1 Å². The Hall–Kier alpha value is -3.70. The molecule has 0 saturated carbocycles. The number of unbranched alkanes of at least 4 members (excludes halogenated alkanes) is 18. The highest BCUT2D eigenvalue weighted by atomic mass is 16.6. The number of ether oxygens (including phenoxy) is 2. The second kappa shape index (κ2) is 53.6. The lowest BCUT2D eigenvalue weighted by Crippen LogP contribution is -2.28. The predicted octanol–water partition coefficient (Wildman–Crippen LogP) is 17.5. The Morgan fingerprint density at radius 3 is 0.938 bits per heavy atom. The molecule has 0 rings (SSSR count). The van der Waals surface area contributed by atoms with Gasteiger partial charge in [0.05, 0.1) is 6.61 Å². The van der Waals surface area contributed by atoms with Crippen LogP contribution in [0.3, 0.4) is 0 Å². The molecule has 362 valence electrons. The van der Waals surface area contributed by atoms with E-state index in [0.29, 0.717) is 12.8 Å². The van der Waals surface area contributed by atoms with Crippen LogP contribution in [0, 0.1) is 0 Å². The van der Waals surface area contributed by atoms with Crippen molar-refractivity contribution in [3.63, 3.8) is 0 Å². The predicted molar refractivity (Wildman–Crippen MR) is 278 cm³/mol. The van der Waals surface area contributed by atoms with Gasteiger partial charge in [0.25, 0.3) is 0 Å². The summed E-state index contributed by atoms with van der Waals surface area (Å²) in [6.07, 6.45) is 78.6. The molecule has 64 heavy (non-hydrogen) atoms. The summed E-state index contributed by atoms with van der Waals surface area (Å²) in [6, 6.07) is 0. The number of hydrogen-bond acceptors (Lipinski definition) is 5. The van der Waals surface area contributed by atoms with Gasteiger partial charge in [0.15, 0.2) is 6.10 Å². The highest BCUT2D eigenvalue weighted by molar-refractivity contribution is 5.70. The molecule has 1 N–H and O–H groups in total. The normalized spacial score (nSPS) is 13.2. The molecule has 5 nitrogen and oxygen atoms in total. The minimum atomic E-state index is -0.788. The number of hydrogen-bond donors (Lipinski definition) is 1. The third-order valence-corrected chi connectivity index (χ3v) is 10.8. The molecule has 5 heteroatoms. The first-order valence-electron chi connectivity index (χ1n) is 26.1. The van der Waals surface area contributed by atoms with Crippen LogP contribution in [0.25, 0.3) is 0 Å². The van der Waals surface area contributed by atoms with Crippen molar-refractivity contribution in [2.45, 2.75) is 225 Å². The van der Waals surface area contributed by atoms with E-state index in [4.69, 9.17) is 9.47 Å². The first kappa shape index (κ1) is 60.3. The van der Waals surface area contributed by atoms with Gasteiger partial charge in [-0.15, -0.1) is 0 Å². The molecule has 0 fully saturated rings. The molecule has 0 heterocycles. The first-order chi connectivity index (χ1) is 31.6. The fraction of sp³-hybridized carbons (Fsp3) is 0.627. The number of allylic oxidation sites excluding steroid dienone is 20. The van der Waals surface area contributed by atoms with E-state index in [1.54, 1.807) is 0 Å². The zero-order valence-electron chi connectivity index (χ0n) is 41.2. The maximum atomic E-state index is 12.3. The van der Waals surface area contributed by atoms with Crippen LogP contribution in [0.2, 0.25) is 0 Å². The van der Waals surface area contributed by atoms with E-state index in [-0.39, 0.29) is 25.2 Å². The summed E-state index contributed by atoms with van der Waals surface area (Å²) in [7, 11) is 0. The average Bonchev–Trinajstić information content (AvgIpc) is 3.30. The summed E-state index contributed by atoms with van der Waals surface area (Å²) in [6.45, 7) is 3.90. The van der Waals surface area contributed by atoms with Crippen molar-refractivity contribution in [3.05, 3.63) is 122 Å². The van der Waals surface area contributed by atoms with E-state index < -0.39 is 6.10 Å². The van der Waals surface area contributed by atoms with Crippen LogP contribution in [0.5, 0.6) is 0 Å². The fourth-order valence-corrected chi connectivity index (χ4v) is 6.90. The molecule has 0 aliphatic rings. The molecular weight excluding hydrogens is 789 g/mol. The summed E-state index contributed by atoms with van der Waals surface area (Å²) in [4.78, 5) is 24.5. The SMILES string of the molecule is CC/C=C\C/C=C\C/C=C\C/C=C\C/C=C\C/C=C\CCCCCCCCCCC(=O)OC(CO)COC(=O)CCCCCCCCCCCC/C=C\C/C=C\C/C=C\C/C=C\CC. The van der Waals surface area contributed by atoms with Gasteiger partial charge in [-0.05, 0) is 103 Å². The van der Waals surface area contributed by atoms with Gasteiger partial charge >= 0.3 is 11.9 Å². The first-order valence-corrected chi connectivity index (χ1v) is 26.1. The smallest absolute Gasteiger partial charge is 0.306 e. The monoisotopic (exact) mass is 885 g/mol. The average molecular weight is 885 g/mol. The minimum absolute atomic E-state index is 0.0788. The van der Waals surface area contributed by atoms with Crippen LogP contribution in [0.15, 0.2) is 122 Å². The third-order valence-electron chi connectivity index (χ3n) is 10.8. The van der Waals surface area contributed by atoms with E-state index in [1.165, 1.54) is 83.5 Å². The molecule has 0 aliphatic carbocycles. The third kappa shape index (κ3) is 50.9. The fourth-order valence-electron chi connectivity index (χ4n) is 6.90. The van der Waals surface area contributed by atoms with E-state index in [1.807, 2.05) is 0 Å². The molecule has 0 saturated heterocycles. The van der Waals surface area contributed by atoms with Gasteiger partial charge in [0.2, 0.25) is 0 Å². The molecule has 0 aliphatic heterocycles. The Bertz CT molecular complexity index is 1320. The summed E-state index contributed by atoms with van der Waals surface area (Å²) < 4.78 is 10.7. The molecule has 0 aromatic heterocycles. The second-order valence-electron chi connectivity index (χ2n) is 16.8. The number of esters is 2. The van der Waals surface area contributed by atoms with Crippen LogP contribution < -0.4 is 0 Å². The Morgan fingerprint density at radius 2 is 0.625 bits per heavy atom. The second-order valence-corrected chi connectivity index (χ2v) is 16.8. The van der Waals surface area contributed by atoms with E-state index >= 15 is 0 Å². The van der Waals surface area contributed by atoms with Crippen molar-refractivity contribution >= 4 is 11.9 Å². The molecule has 0 amide bonds. The zero-order chi connectivity index (χ0) is 46.3. The molecule has 0 radical (unpaired) electrons. The van der Waals surface area contributed by atoms with E-state index in [2.05, 4.69) is 135 Å². The molecule has 0 spiro atoms. The minimum Gasteiger partial charge on any atom is -0.462 e. The number of rotatable bonds is 46. The summed E-state index contributed by atoms with van der Waals surface area (Å²) in [5.41, 5.74) is 0. The highest BCUT2D eigenvalue weighted by Crippen LogP contribution is 2.14. The zero-order valence-corrected chi connectivity index (χ0v) is 41.2. The largest absolute Gasteiger partial charge is 0.462 e. The Kier molecular flexibility index (Phi) is 50.5. The van der Waals surface area contributed by atoms with Crippen molar-refractivity contribution in [2.24, 2.45) is 0 Å². The lowest BCUT2D eigenvalue weighted by Gasteiger charge is -2.15.